The molecule has 4 rings (SSSR count). The summed E-state index contributed by atoms with van der Waals surface area (Å²) in [5.41, 5.74) is 6.41. The third kappa shape index (κ3) is 5.83. The zero-order valence-electron chi connectivity index (χ0n) is 20.0. The van der Waals surface area contributed by atoms with Crippen molar-refractivity contribution in [2.24, 2.45) is 5.73 Å². The van der Waals surface area contributed by atoms with E-state index in [1.54, 1.807) is 24.3 Å². The van der Waals surface area contributed by atoms with Gasteiger partial charge < -0.3 is 20.3 Å². The van der Waals surface area contributed by atoms with Crippen molar-refractivity contribution >= 4 is 29.5 Å². The van der Waals surface area contributed by atoms with Crippen LogP contribution in [-0.4, -0.2) is 64.4 Å². The van der Waals surface area contributed by atoms with Gasteiger partial charge in [0.15, 0.2) is 0 Å². The molecule has 0 aliphatic carbocycles. The van der Waals surface area contributed by atoms with Gasteiger partial charge in [0.05, 0.1) is 12.1 Å². The lowest BCUT2D eigenvalue weighted by Gasteiger charge is -2.51. The Morgan fingerprint density at radius 1 is 1.14 bits per heavy atom. The van der Waals surface area contributed by atoms with Crippen LogP contribution >= 0.6 is 11.6 Å². The largest absolute Gasteiger partial charge is 0.444 e. The molecule has 37 heavy (non-hydrogen) atoms. The van der Waals surface area contributed by atoms with Crippen molar-refractivity contribution in [1.82, 2.24) is 14.7 Å². The van der Waals surface area contributed by atoms with Gasteiger partial charge in [-0.25, -0.2) is 4.79 Å². The summed E-state index contributed by atoms with van der Waals surface area (Å²) in [6.45, 7) is 1.30. The minimum Gasteiger partial charge on any atom is -0.444 e. The molecular formula is C25H26ClF3N4O4. The number of hydrogen-bond acceptors (Lipinski definition) is 5. The predicted octanol–water partition coefficient (Wildman–Crippen LogP) is 3.53. The maximum absolute atomic E-state index is 13.2. The Kier molecular flexibility index (Phi) is 7.65. The summed E-state index contributed by atoms with van der Waals surface area (Å²) in [4.78, 5) is 43.2. The Hall–Kier alpha value is -3.31. The van der Waals surface area contributed by atoms with Crippen molar-refractivity contribution in [2.45, 2.75) is 44.9 Å². The summed E-state index contributed by atoms with van der Waals surface area (Å²) in [6, 6.07) is 9.43. The van der Waals surface area contributed by atoms with E-state index in [0.29, 0.717) is 10.6 Å². The summed E-state index contributed by atoms with van der Waals surface area (Å²) in [7, 11) is 0. The molecule has 2 atom stereocenters. The number of carbonyl (C=O) groups is 3. The molecule has 2 N–H and O–H groups in total. The van der Waals surface area contributed by atoms with Crippen molar-refractivity contribution in [1.29, 1.82) is 0 Å². The Morgan fingerprint density at radius 2 is 1.84 bits per heavy atom. The molecule has 2 aliphatic heterocycles. The van der Waals surface area contributed by atoms with Gasteiger partial charge >= 0.3 is 12.3 Å². The number of alkyl halides is 3. The van der Waals surface area contributed by atoms with Crippen molar-refractivity contribution in [2.75, 3.05) is 19.6 Å². The summed E-state index contributed by atoms with van der Waals surface area (Å²) in [5, 5.41) is 0.544. The molecule has 2 saturated heterocycles. The number of ether oxygens (including phenoxy) is 1. The molecule has 3 amide bonds. The quantitative estimate of drug-likeness (QED) is 0.628. The lowest BCUT2D eigenvalue weighted by atomic mass is 10.0. The molecule has 0 spiro atoms. The van der Waals surface area contributed by atoms with Crippen molar-refractivity contribution < 1.29 is 32.3 Å². The minimum absolute atomic E-state index is 0.0292. The number of piperazine rings is 1. The van der Waals surface area contributed by atoms with Crippen molar-refractivity contribution in [3.8, 4) is 0 Å². The fourth-order valence-electron chi connectivity index (χ4n) is 4.71. The van der Waals surface area contributed by atoms with Gasteiger partial charge in [-0.2, -0.15) is 13.2 Å². The highest BCUT2D eigenvalue weighted by Gasteiger charge is 2.48. The highest BCUT2D eigenvalue weighted by Crippen LogP contribution is 2.31. The summed E-state index contributed by atoms with van der Waals surface area (Å²) in [5.74, 6) is -0.644. The number of nitrogens with zero attached hydrogens (tertiary/aromatic N) is 3. The van der Waals surface area contributed by atoms with Crippen LogP contribution in [-0.2, 0) is 33.7 Å². The summed E-state index contributed by atoms with van der Waals surface area (Å²) in [6.07, 6.45) is -6.18. The van der Waals surface area contributed by atoms with Crippen LogP contribution < -0.4 is 5.73 Å². The lowest BCUT2D eigenvalue weighted by molar-refractivity contribution is -0.167. The number of aryl methyl sites for hydroxylation is 1. The Balaban J connectivity index is 1.53. The number of nitrogens with two attached hydrogens (primary N) is 1. The van der Waals surface area contributed by atoms with E-state index in [-0.39, 0.29) is 56.6 Å². The summed E-state index contributed by atoms with van der Waals surface area (Å²) < 4.78 is 44.9. The second kappa shape index (κ2) is 10.6. The van der Waals surface area contributed by atoms with Gasteiger partial charge in [0.1, 0.15) is 18.8 Å². The summed E-state index contributed by atoms with van der Waals surface area (Å²) >= 11 is 5.95. The molecule has 0 bridgehead atoms. The van der Waals surface area contributed by atoms with Crippen LogP contribution in [0, 0.1) is 6.92 Å². The van der Waals surface area contributed by atoms with Crippen LogP contribution in [0.4, 0.5) is 18.0 Å². The highest BCUT2D eigenvalue weighted by molar-refractivity contribution is 6.30. The van der Waals surface area contributed by atoms with Gasteiger partial charge in [0.25, 0.3) is 0 Å². The van der Waals surface area contributed by atoms with Gasteiger partial charge in [-0.15, -0.1) is 0 Å². The van der Waals surface area contributed by atoms with Gasteiger partial charge in [0, 0.05) is 31.1 Å². The fourth-order valence-corrected chi connectivity index (χ4v) is 4.84. The van der Waals surface area contributed by atoms with Gasteiger partial charge in [-0.1, -0.05) is 35.4 Å². The van der Waals surface area contributed by atoms with Crippen molar-refractivity contribution in [3.05, 3.63) is 69.7 Å². The van der Waals surface area contributed by atoms with Crippen LogP contribution in [0.25, 0.3) is 0 Å². The van der Waals surface area contributed by atoms with Crippen molar-refractivity contribution in [3.63, 3.8) is 0 Å². The zero-order valence-corrected chi connectivity index (χ0v) is 20.8. The fraction of sp³-hybridized carbons (Fsp3) is 0.400. The second-order valence-corrected chi connectivity index (χ2v) is 9.52. The Labute approximate surface area is 216 Å². The zero-order chi connectivity index (χ0) is 26.9. The number of carbonyl (C=O) groups excluding carboxylic acids is 3. The van der Waals surface area contributed by atoms with E-state index < -0.39 is 30.0 Å². The number of benzene rings is 2. The first-order valence-corrected chi connectivity index (χ1v) is 12.0. The monoisotopic (exact) mass is 538 g/mol. The number of hydrogen-bond donors (Lipinski definition) is 1. The van der Waals surface area contributed by atoms with Crippen LogP contribution in [0.1, 0.15) is 28.7 Å². The van der Waals surface area contributed by atoms with Crippen LogP contribution in [0.5, 0.6) is 0 Å². The molecule has 0 unspecified atom stereocenters. The van der Waals surface area contributed by atoms with E-state index in [4.69, 9.17) is 22.1 Å². The van der Waals surface area contributed by atoms with Gasteiger partial charge in [-0.3, -0.25) is 14.5 Å². The van der Waals surface area contributed by atoms with E-state index in [2.05, 4.69) is 0 Å². The van der Waals surface area contributed by atoms with E-state index in [1.165, 1.54) is 27.7 Å². The first-order valence-electron chi connectivity index (χ1n) is 11.6. The molecule has 12 heteroatoms. The number of rotatable bonds is 5. The van der Waals surface area contributed by atoms with Crippen LogP contribution in [0.2, 0.25) is 5.02 Å². The Bertz CT molecular complexity index is 1190. The Morgan fingerprint density at radius 3 is 2.49 bits per heavy atom. The molecular weight excluding hydrogens is 513 g/mol. The number of halogens is 4. The molecule has 0 saturated carbocycles. The van der Waals surface area contributed by atoms with Gasteiger partial charge in [-0.05, 0) is 42.3 Å². The molecule has 2 fully saturated rings. The average molecular weight is 539 g/mol. The van der Waals surface area contributed by atoms with Gasteiger partial charge in [0.2, 0.25) is 11.8 Å². The molecule has 0 aromatic heterocycles. The smallest absolute Gasteiger partial charge is 0.416 e. The van der Waals surface area contributed by atoms with Crippen LogP contribution in [0.15, 0.2) is 42.5 Å². The standard InChI is InChI=1S/C25H26ClF3N4O4/c1-15-8-17(10-18(9-15)25(27,28)29)14-37-24(36)32-7-6-22(34)33-20(11-30)23(35)31(13-21(32)33)12-16-2-4-19(26)5-3-16/h2-5,8-10,20-21H,6-7,11-14,30H2,1H3/t20-,21+/m0/s1. The maximum Gasteiger partial charge on any atom is 0.416 e. The van der Waals surface area contributed by atoms with Crippen LogP contribution in [0.3, 0.4) is 0 Å². The lowest BCUT2D eigenvalue weighted by Crippen LogP contribution is -2.72. The predicted molar refractivity (Wildman–Crippen MR) is 128 cm³/mol. The normalized spacial score (nSPS) is 20.2. The molecule has 198 valence electrons. The highest BCUT2D eigenvalue weighted by atomic mass is 35.5. The van der Waals surface area contributed by atoms with E-state index in [9.17, 15) is 27.6 Å². The van der Waals surface area contributed by atoms with E-state index in [1.807, 2.05) is 0 Å². The number of amides is 3. The topological polar surface area (TPSA) is 96.2 Å². The molecule has 2 aromatic carbocycles. The molecule has 2 aliphatic rings. The third-order valence-electron chi connectivity index (χ3n) is 6.42. The molecule has 0 radical (unpaired) electrons. The SMILES string of the molecule is Cc1cc(COC(=O)N2CCC(=O)N3[C@@H]2CN(Cc2ccc(Cl)cc2)C(=O)[C@@H]3CN)cc(C(F)(F)F)c1. The average Bonchev–Trinajstić information content (AvgIpc) is 2.84. The number of fused-ring (bicyclic) bond motifs is 1. The molecule has 8 nitrogen and oxygen atoms in total. The first-order chi connectivity index (χ1) is 17.5. The van der Waals surface area contributed by atoms with E-state index in [0.717, 1.165) is 17.7 Å². The minimum atomic E-state index is -4.53. The molecule has 2 heterocycles. The molecule has 2 aromatic rings. The maximum atomic E-state index is 13.2. The first kappa shape index (κ1) is 26.7. The third-order valence-corrected chi connectivity index (χ3v) is 6.67. The van der Waals surface area contributed by atoms with E-state index >= 15 is 0 Å². The second-order valence-electron chi connectivity index (χ2n) is 9.08.